The molecule has 0 unspecified atom stereocenters. The number of hydrogen-bond donors (Lipinski definition) is 1. The Labute approximate surface area is 152 Å². The van der Waals surface area contributed by atoms with Crippen LogP contribution in [0.25, 0.3) is 0 Å². The molecule has 0 radical (unpaired) electrons. The molecule has 1 aromatic heterocycles. The summed E-state index contributed by atoms with van der Waals surface area (Å²) in [6, 6.07) is 7.68. The predicted molar refractivity (Wildman–Crippen MR) is 97.2 cm³/mol. The minimum Gasteiger partial charge on any atom is -0.494 e. The Morgan fingerprint density at radius 2 is 1.92 bits per heavy atom. The Hall–Kier alpha value is -2.22. The first-order valence-electron chi connectivity index (χ1n) is 8.24. The number of amides is 1. The quantitative estimate of drug-likeness (QED) is 0.516. The van der Waals surface area contributed by atoms with Crippen LogP contribution in [0.4, 0.5) is 0 Å². The van der Waals surface area contributed by atoms with E-state index in [-0.39, 0.29) is 11.9 Å². The molecular weight excluding hydrogens is 340 g/mol. The van der Waals surface area contributed by atoms with Gasteiger partial charge in [0.25, 0.3) is 0 Å². The highest BCUT2D eigenvalue weighted by Gasteiger charge is 2.10. The zero-order valence-corrected chi connectivity index (χ0v) is 15.6. The van der Waals surface area contributed by atoms with Gasteiger partial charge in [0, 0.05) is 6.04 Å². The van der Waals surface area contributed by atoms with Crippen LogP contribution in [0.2, 0.25) is 0 Å². The molecule has 25 heavy (non-hydrogen) atoms. The molecule has 0 spiro atoms. The van der Waals surface area contributed by atoms with Gasteiger partial charge < -0.3 is 19.4 Å². The summed E-state index contributed by atoms with van der Waals surface area (Å²) in [4.78, 5) is 11.9. The predicted octanol–water partition coefficient (Wildman–Crippen LogP) is 2.55. The lowest BCUT2D eigenvalue weighted by Crippen LogP contribution is -2.29. The van der Waals surface area contributed by atoms with Gasteiger partial charge in [0.15, 0.2) is 5.16 Å². The molecule has 2 aromatic rings. The molecule has 0 atom stereocenters. The van der Waals surface area contributed by atoms with E-state index in [9.17, 15) is 4.79 Å². The number of carbonyl (C=O) groups excluding carboxylic acids is 1. The van der Waals surface area contributed by atoms with Gasteiger partial charge in [-0.25, -0.2) is 0 Å². The summed E-state index contributed by atoms with van der Waals surface area (Å²) in [5.74, 6) is 1.80. The summed E-state index contributed by atoms with van der Waals surface area (Å²) < 4.78 is 12.9. The molecule has 8 heteroatoms. The van der Waals surface area contributed by atoms with Crippen molar-refractivity contribution in [3.63, 3.8) is 0 Å². The monoisotopic (exact) mass is 364 g/mol. The van der Waals surface area contributed by atoms with Gasteiger partial charge in [0.05, 0.1) is 18.9 Å². The fourth-order valence-electron chi connectivity index (χ4n) is 2.03. The maximum Gasteiger partial charge on any atom is 0.230 e. The summed E-state index contributed by atoms with van der Waals surface area (Å²) in [6.07, 6.45) is 1.68. The Bertz CT molecular complexity index is 658. The second kappa shape index (κ2) is 9.93. The van der Waals surface area contributed by atoms with Crippen LogP contribution in [-0.2, 0) is 4.79 Å². The summed E-state index contributed by atoms with van der Waals surface area (Å²) in [5, 5.41) is 11.5. The van der Waals surface area contributed by atoms with Gasteiger partial charge in [-0.1, -0.05) is 11.8 Å². The van der Waals surface area contributed by atoms with Crippen molar-refractivity contribution in [3.05, 3.63) is 30.6 Å². The maximum atomic E-state index is 11.9. The number of nitrogens with one attached hydrogen (secondary N) is 1. The third-order valence-electron chi connectivity index (χ3n) is 3.26. The molecule has 1 N–H and O–H groups in total. The molecule has 0 bridgehead atoms. The number of nitrogens with zero attached hydrogens (tertiary/aromatic N) is 3. The van der Waals surface area contributed by atoms with Crippen LogP contribution >= 0.6 is 11.8 Å². The average molecular weight is 364 g/mol. The molecule has 0 aliphatic carbocycles. The highest BCUT2D eigenvalue weighted by Crippen LogP contribution is 2.18. The Morgan fingerprint density at radius 1 is 1.24 bits per heavy atom. The number of aromatic nitrogens is 3. The molecule has 0 aliphatic heterocycles. The number of rotatable bonds is 10. The molecule has 1 amide bonds. The molecule has 0 aliphatic rings. The Kier molecular flexibility index (Phi) is 7.59. The number of thioether (sulfide) groups is 1. The van der Waals surface area contributed by atoms with Crippen molar-refractivity contribution in [3.8, 4) is 11.5 Å². The van der Waals surface area contributed by atoms with Crippen LogP contribution < -0.4 is 14.8 Å². The van der Waals surface area contributed by atoms with Crippen molar-refractivity contribution in [1.29, 1.82) is 0 Å². The van der Waals surface area contributed by atoms with E-state index >= 15 is 0 Å². The summed E-state index contributed by atoms with van der Waals surface area (Å²) >= 11 is 1.37. The third kappa shape index (κ3) is 6.30. The van der Waals surface area contributed by atoms with E-state index in [1.54, 1.807) is 6.33 Å². The van der Waals surface area contributed by atoms with Crippen molar-refractivity contribution in [2.75, 3.05) is 25.5 Å². The van der Waals surface area contributed by atoms with Crippen molar-refractivity contribution >= 4 is 17.7 Å². The summed E-state index contributed by atoms with van der Waals surface area (Å²) in [7, 11) is 0. The Morgan fingerprint density at radius 3 is 2.56 bits per heavy atom. The van der Waals surface area contributed by atoms with Crippen molar-refractivity contribution in [2.45, 2.75) is 32.0 Å². The molecule has 1 aromatic carbocycles. The zero-order chi connectivity index (χ0) is 18.1. The molecule has 136 valence electrons. The van der Waals surface area contributed by atoms with Gasteiger partial charge in [-0.2, -0.15) is 0 Å². The van der Waals surface area contributed by atoms with Crippen LogP contribution in [0.1, 0.15) is 26.8 Å². The van der Waals surface area contributed by atoms with Crippen LogP contribution in [0.15, 0.2) is 35.7 Å². The van der Waals surface area contributed by atoms with E-state index in [0.29, 0.717) is 25.5 Å². The molecule has 0 saturated carbocycles. The maximum absolute atomic E-state index is 11.9. The van der Waals surface area contributed by atoms with Gasteiger partial charge in [-0.3, -0.25) is 4.79 Å². The first kappa shape index (κ1) is 19.1. The second-order valence-electron chi connectivity index (χ2n) is 5.51. The number of hydrogen-bond acceptors (Lipinski definition) is 6. The van der Waals surface area contributed by atoms with Crippen LogP contribution in [-0.4, -0.2) is 46.2 Å². The van der Waals surface area contributed by atoms with Crippen LogP contribution in [0.3, 0.4) is 0 Å². The highest BCUT2D eigenvalue weighted by atomic mass is 32.2. The first-order valence-corrected chi connectivity index (χ1v) is 9.23. The highest BCUT2D eigenvalue weighted by molar-refractivity contribution is 7.99. The molecular formula is C17H24N4O3S. The molecule has 7 nitrogen and oxygen atoms in total. The van der Waals surface area contributed by atoms with E-state index in [1.165, 1.54) is 11.8 Å². The minimum absolute atomic E-state index is 0.0569. The standard InChI is InChI=1S/C17H24N4O3S/c1-4-23-14-5-7-15(8-6-14)24-10-9-18-16(22)11-25-17-20-19-12-21(17)13(2)3/h5-8,12-13H,4,9-11H2,1-3H3,(H,18,22). The molecule has 0 fully saturated rings. The van der Waals surface area contributed by atoms with Crippen LogP contribution in [0, 0.1) is 0 Å². The summed E-state index contributed by atoms with van der Waals surface area (Å²) in [5.41, 5.74) is 0. The van der Waals surface area contributed by atoms with Gasteiger partial charge in [-0.05, 0) is 45.0 Å². The number of ether oxygens (including phenoxy) is 2. The number of benzene rings is 1. The fourth-order valence-corrected chi connectivity index (χ4v) is 2.90. The lowest BCUT2D eigenvalue weighted by Gasteiger charge is -2.10. The van der Waals surface area contributed by atoms with E-state index in [4.69, 9.17) is 9.47 Å². The van der Waals surface area contributed by atoms with Gasteiger partial charge in [0.2, 0.25) is 5.91 Å². The van der Waals surface area contributed by atoms with E-state index in [2.05, 4.69) is 15.5 Å². The van der Waals surface area contributed by atoms with Crippen LogP contribution in [0.5, 0.6) is 11.5 Å². The van der Waals surface area contributed by atoms with Gasteiger partial charge in [-0.15, -0.1) is 10.2 Å². The minimum atomic E-state index is -0.0569. The second-order valence-corrected chi connectivity index (χ2v) is 6.45. The van der Waals surface area contributed by atoms with E-state index < -0.39 is 0 Å². The molecule has 0 saturated heterocycles. The van der Waals surface area contributed by atoms with Gasteiger partial charge in [0.1, 0.15) is 24.4 Å². The van der Waals surface area contributed by atoms with Crippen molar-refractivity contribution in [2.24, 2.45) is 0 Å². The lowest BCUT2D eigenvalue weighted by molar-refractivity contribution is -0.118. The summed E-state index contributed by atoms with van der Waals surface area (Å²) in [6.45, 7) is 7.53. The molecule has 2 rings (SSSR count). The third-order valence-corrected chi connectivity index (χ3v) is 4.21. The average Bonchev–Trinajstić information content (AvgIpc) is 3.07. The molecule has 1 heterocycles. The zero-order valence-electron chi connectivity index (χ0n) is 14.8. The fraction of sp³-hybridized carbons (Fsp3) is 0.471. The smallest absolute Gasteiger partial charge is 0.230 e. The van der Waals surface area contributed by atoms with Gasteiger partial charge >= 0.3 is 0 Å². The van der Waals surface area contributed by atoms with E-state index in [1.807, 2.05) is 49.6 Å². The lowest BCUT2D eigenvalue weighted by atomic mass is 10.3. The van der Waals surface area contributed by atoms with E-state index in [0.717, 1.165) is 16.7 Å². The topological polar surface area (TPSA) is 78.3 Å². The number of carbonyl (C=O) groups is 1. The van der Waals surface area contributed by atoms with Crippen molar-refractivity contribution in [1.82, 2.24) is 20.1 Å². The first-order chi connectivity index (χ1) is 12.1. The SMILES string of the molecule is CCOc1ccc(OCCNC(=O)CSc2nncn2C(C)C)cc1. The van der Waals surface area contributed by atoms with Crippen molar-refractivity contribution < 1.29 is 14.3 Å². The normalized spacial score (nSPS) is 10.7. The Balaban J connectivity index is 1.64. The largest absolute Gasteiger partial charge is 0.494 e.